The van der Waals surface area contributed by atoms with Gasteiger partial charge >= 0.3 is 11.9 Å². The minimum absolute atomic E-state index is 0.153. The lowest BCUT2D eigenvalue weighted by Crippen LogP contribution is -2.39. The standard InChI is InChI=1S/C30H25BrN2O7S.C2H4O2/c1-5-38-29(36)26-16(2)32-30-33(27(26)19-9-11-23(39-17(3)34)24(14-19)37-4)28(35)25(41-30)15-21-10-12-22(40-21)18-7-6-8-20(31)13-18;1-2(3)4/h6-15,27H,5H2,1-4H3;1H3,(H,3,4)/b25-15+;. The molecule has 5 rings (SSSR count). The number of allylic oxidation sites excluding steroid dienone is 1. The lowest BCUT2D eigenvalue weighted by atomic mass is 9.95. The number of hydrogen-bond acceptors (Lipinski definition) is 10. The summed E-state index contributed by atoms with van der Waals surface area (Å²) in [5, 5.41) is 7.42. The molecule has 2 aromatic carbocycles. The second-order valence-electron chi connectivity index (χ2n) is 9.54. The van der Waals surface area contributed by atoms with Crippen LogP contribution in [0.1, 0.15) is 45.1 Å². The van der Waals surface area contributed by atoms with Crippen LogP contribution in [0.4, 0.5) is 0 Å². The molecular formula is C32H29BrN2O9S. The predicted molar refractivity (Wildman–Crippen MR) is 170 cm³/mol. The van der Waals surface area contributed by atoms with Crippen molar-refractivity contribution in [1.82, 2.24) is 4.57 Å². The van der Waals surface area contributed by atoms with Gasteiger partial charge in [0, 0.05) is 30.0 Å². The number of aliphatic carboxylic acids is 1. The van der Waals surface area contributed by atoms with Crippen molar-refractivity contribution in [3.8, 4) is 22.8 Å². The van der Waals surface area contributed by atoms with Crippen molar-refractivity contribution in [3.05, 3.63) is 101 Å². The van der Waals surface area contributed by atoms with Gasteiger partial charge in [0.2, 0.25) is 0 Å². The van der Waals surface area contributed by atoms with Crippen molar-refractivity contribution >= 4 is 51.3 Å². The third-order valence-corrected chi connectivity index (χ3v) is 7.76. The molecule has 0 aliphatic carbocycles. The van der Waals surface area contributed by atoms with Gasteiger partial charge in [0.25, 0.3) is 11.5 Å². The lowest BCUT2D eigenvalue weighted by molar-refractivity contribution is -0.139. The summed E-state index contributed by atoms with van der Waals surface area (Å²) in [5.74, 6) is -0.283. The summed E-state index contributed by atoms with van der Waals surface area (Å²) in [5.41, 5.74) is 1.75. The Labute approximate surface area is 269 Å². The van der Waals surface area contributed by atoms with Crippen LogP contribution in [0.5, 0.6) is 11.5 Å². The molecule has 1 unspecified atom stereocenters. The number of benzene rings is 2. The quantitative estimate of drug-likeness (QED) is 0.212. The number of carboxylic acids is 1. The average molecular weight is 698 g/mol. The van der Waals surface area contributed by atoms with Gasteiger partial charge in [0.05, 0.1) is 35.6 Å². The zero-order valence-corrected chi connectivity index (χ0v) is 27.4. The van der Waals surface area contributed by atoms with E-state index < -0.39 is 23.9 Å². The van der Waals surface area contributed by atoms with Gasteiger partial charge in [-0.1, -0.05) is 45.5 Å². The first-order valence-corrected chi connectivity index (χ1v) is 15.2. The van der Waals surface area contributed by atoms with Crippen molar-refractivity contribution < 1.29 is 38.1 Å². The number of carboxylic acid groups (broad SMARTS) is 1. The number of carbonyl (C=O) groups is 3. The Morgan fingerprint density at radius 1 is 1.11 bits per heavy atom. The molecule has 11 nitrogen and oxygen atoms in total. The first kappa shape index (κ1) is 33.1. The van der Waals surface area contributed by atoms with Crippen molar-refractivity contribution in [1.29, 1.82) is 0 Å². The van der Waals surface area contributed by atoms with E-state index in [1.54, 1.807) is 44.2 Å². The van der Waals surface area contributed by atoms with Crippen LogP contribution in [-0.2, 0) is 19.1 Å². The van der Waals surface area contributed by atoms with E-state index in [1.165, 1.54) is 29.9 Å². The van der Waals surface area contributed by atoms with Gasteiger partial charge in [0.15, 0.2) is 16.3 Å². The molecule has 234 valence electrons. The predicted octanol–water partition coefficient (Wildman–Crippen LogP) is 4.85. The number of fused-ring (bicyclic) bond motifs is 1. The maximum Gasteiger partial charge on any atom is 0.338 e. The first-order valence-electron chi connectivity index (χ1n) is 13.5. The van der Waals surface area contributed by atoms with Gasteiger partial charge in [-0.15, -0.1) is 0 Å². The summed E-state index contributed by atoms with van der Waals surface area (Å²) in [6.07, 6.45) is 1.66. The number of nitrogens with zero attached hydrogens (tertiary/aromatic N) is 2. The summed E-state index contributed by atoms with van der Waals surface area (Å²) in [4.78, 5) is 52.6. The van der Waals surface area contributed by atoms with E-state index in [9.17, 15) is 14.4 Å². The molecule has 1 atom stereocenters. The maximum absolute atomic E-state index is 13.9. The van der Waals surface area contributed by atoms with Gasteiger partial charge < -0.3 is 23.7 Å². The van der Waals surface area contributed by atoms with Crippen LogP contribution in [0.3, 0.4) is 0 Å². The number of thiazole rings is 1. The number of aromatic nitrogens is 1. The lowest BCUT2D eigenvalue weighted by Gasteiger charge is -2.25. The molecule has 0 saturated carbocycles. The summed E-state index contributed by atoms with van der Waals surface area (Å²) < 4.78 is 24.8. The maximum atomic E-state index is 13.9. The SMILES string of the molecule is CC(=O)O.CCOC(=O)C1=C(C)N=c2s/c(=C/c3ccc(-c4cccc(Br)c4)o3)c(=O)n2C1c1ccc(OC(C)=O)c(OC)c1. The molecule has 0 saturated heterocycles. The summed E-state index contributed by atoms with van der Waals surface area (Å²) in [6.45, 7) is 5.94. The summed E-state index contributed by atoms with van der Waals surface area (Å²) in [7, 11) is 1.44. The summed E-state index contributed by atoms with van der Waals surface area (Å²) >= 11 is 4.66. The Morgan fingerprint density at radius 3 is 2.49 bits per heavy atom. The molecule has 0 spiro atoms. The fourth-order valence-electron chi connectivity index (χ4n) is 4.56. The molecule has 0 amide bonds. The number of furan rings is 1. The highest BCUT2D eigenvalue weighted by Crippen LogP contribution is 2.36. The Balaban J connectivity index is 0.00000109. The Kier molecular flexibility index (Phi) is 10.6. The van der Waals surface area contributed by atoms with Gasteiger partial charge in [-0.05, 0) is 55.8 Å². The van der Waals surface area contributed by atoms with E-state index in [1.807, 2.05) is 30.3 Å². The molecule has 0 fully saturated rings. The third-order valence-electron chi connectivity index (χ3n) is 6.28. The fourth-order valence-corrected chi connectivity index (χ4v) is 5.98. The van der Waals surface area contributed by atoms with Gasteiger partial charge in [-0.2, -0.15) is 0 Å². The molecule has 4 aromatic rings. The van der Waals surface area contributed by atoms with Crippen molar-refractivity contribution in [2.24, 2.45) is 4.99 Å². The molecule has 3 heterocycles. The van der Waals surface area contributed by atoms with Crippen LogP contribution in [0.2, 0.25) is 0 Å². The average Bonchev–Trinajstić information content (AvgIpc) is 3.56. The highest BCUT2D eigenvalue weighted by atomic mass is 79.9. The van der Waals surface area contributed by atoms with E-state index in [2.05, 4.69) is 20.9 Å². The monoisotopic (exact) mass is 696 g/mol. The number of carbonyl (C=O) groups excluding carboxylic acids is 2. The van der Waals surface area contributed by atoms with Crippen LogP contribution in [-0.4, -0.2) is 41.3 Å². The number of ether oxygens (including phenoxy) is 3. The van der Waals surface area contributed by atoms with Crippen LogP contribution < -0.4 is 24.4 Å². The number of rotatable bonds is 7. The van der Waals surface area contributed by atoms with Gasteiger partial charge in [0.1, 0.15) is 11.5 Å². The largest absolute Gasteiger partial charge is 0.493 e. The smallest absolute Gasteiger partial charge is 0.338 e. The molecule has 1 N–H and O–H groups in total. The Bertz CT molecular complexity index is 1980. The van der Waals surface area contributed by atoms with Crippen molar-refractivity contribution in [3.63, 3.8) is 0 Å². The normalized spacial score (nSPS) is 14.1. The van der Waals surface area contributed by atoms with E-state index in [0.717, 1.165) is 17.0 Å². The molecule has 1 aliphatic rings. The van der Waals surface area contributed by atoms with Crippen LogP contribution in [0.15, 0.2) is 84.5 Å². The van der Waals surface area contributed by atoms with E-state index >= 15 is 0 Å². The minimum atomic E-state index is -0.860. The molecule has 2 aromatic heterocycles. The topological polar surface area (TPSA) is 147 Å². The van der Waals surface area contributed by atoms with E-state index in [0.29, 0.717) is 32.1 Å². The first-order chi connectivity index (χ1) is 21.4. The number of esters is 2. The zero-order chi connectivity index (χ0) is 32.8. The highest BCUT2D eigenvalue weighted by Gasteiger charge is 2.34. The molecule has 0 bridgehead atoms. The minimum Gasteiger partial charge on any atom is -0.493 e. The molecule has 13 heteroatoms. The van der Waals surface area contributed by atoms with Crippen molar-refractivity contribution in [2.45, 2.75) is 33.7 Å². The van der Waals surface area contributed by atoms with E-state index in [-0.39, 0.29) is 29.2 Å². The van der Waals surface area contributed by atoms with Crippen LogP contribution in [0, 0.1) is 0 Å². The third kappa shape index (κ3) is 7.67. The van der Waals surface area contributed by atoms with E-state index in [4.69, 9.17) is 28.5 Å². The number of halogens is 1. The molecule has 1 aliphatic heterocycles. The summed E-state index contributed by atoms with van der Waals surface area (Å²) in [6, 6.07) is 15.4. The number of methoxy groups -OCH3 is 1. The Morgan fingerprint density at radius 2 is 1.84 bits per heavy atom. The second kappa shape index (κ2) is 14.4. The van der Waals surface area contributed by atoms with Crippen LogP contribution >= 0.6 is 27.3 Å². The van der Waals surface area contributed by atoms with Crippen molar-refractivity contribution in [2.75, 3.05) is 13.7 Å². The van der Waals surface area contributed by atoms with Gasteiger partial charge in [-0.25, -0.2) is 9.79 Å². The molecule has 0 radical (unpaired) electrons. The Hall–Kier alpha value is -4.75. The highest BCUT2D eigenvalue weighted by molar-refractivity contribution is 9.10. The van der Waals surface area contributed by atoms with Gasteiger partial charge in [-0.3, -0.25) is 19.0 Å². The zero-order valence-electron chi connectivity index (χ0n) is 25.0. The molecular weight excluding hydrogens is 668 g/mol. The second-order valence-corrected chi connectivity index (χ2v) is 11.5. The number of hydrogen-bond donors (Lipinski definition) is 1. The fraction of sp³-hybridized carbons (Fsp3) is 0.219. The molecule has 45 heavy (non-hydrogen) atoms. The van der Waals surface area contributed by atoms with Crippen LogP contribution in [0.25, 0.3) is 17.4 Å².